The van der Waals surface area contributed by atoms with Gasteiger partial charge in [0.2, 0.25) is 5.88 Å². The number of aryl methyl sites for hydroxylation is 2. The number of nitrogens with zero attached hydrogens (tertiary/aromatic N) is 2. The molecule has 1 aliphatic rings. The van der Waals surface area contributed by atoms with Crippen molar-refractivity contribution in [1.29, 1.82) is 0 Å². The highest BCUT2D eigenvalue weighted by atomic mass is 16.5. The number of hydrogen-bond acceptors (Lipinski definition) is 3. The van der Waals surface area contributed by atoms with E-state index in [4.69, 9.17) is 9.72 Å². The van der Waals surface area contributed by atoms with Crippen molar-refractivity contribution in [2.45, 2.75) is 33.1 Å². The summed E-state index contributed by atoms with van der Waals surface area (Å²) in [6.07, 6.45) is 0. The maximum atomic E-state index is 5.50. The molecule has 1 aliphatic carbocycles. The maximum Gasteiger partial charge on any atom is 0.240 e. The van der Waals surface area contributed by atoms with Gasteiger partial charge in [-0.25, -0.2) is 9.97 Å². The van der Waals surface area contributed by atoms with Crippen LogP contribution in [-0.4, -0.2) is 17.1 Å². The van der Waals surface area contributed by atoms with Crippen LogP contribution in [0.15, 0.2) is 42.5 Å². The van der Waals surface area contributed by atoms with Gasteiger partial charge in [-0.15, -0.1) is 0 Å². The lowest BCUT2D eigenvalue weighted by molar-refractivity contribution is 0.396. The van der Waals surface area contributed by atoms with Gasteiger partial charge < -0.3 is 4.74 Å². The van der Waals surface area contributed by atoms with E-state index in [2.05, 4.69) is 61.3 Å². The Bertz CT molecular complexity index is 989. The number of rotatable bonds is 2. The number of methoxy groups -OCH3 is 1. The van der Waals surface area contributed by atoms with Crippen molar-refractivity contribution < 1.29 is 4.74 Å². The van der Waals surface area contributed by atoms with Crippen LogP contribution in [-0.2, 0) is 5.41 Å². The molecule has 126 valence electrons. The number of benzene rings is 2. The van der Waals surface area contributed by atoms with E-state index >= 15 is 0 Å². The molecular formula is C22H22N2O. The third kappa shape index (κ3) is 2.26. The lowest BCUT2D eigenvalue weighted by atomic mass is 9.82. The van der Waals surface area contributed by atoms with Crippen LogP contribution in [0.1, 0.15) is 36.4 Å². The van der Waals surface area contributed by atoms with Gasteiger partial charge in [0.25, 0.3) is 0 Å². The molecule has 25 heavy (non-hydrogen) atoms. The molecule has 0 spiro atoms. The third-order valence-electron chi connectivity index (χ3n) is 5.33. The Labute approximate surface area is 148 Å². The van der Waals surface area contributed by atoms with Gasteiger partial charge in [-0.3, -0.25) is 0 Å². The Morgan fingerprint density at radius 1 is 0.840 bits per heavy atom. The molecule has 3 heteroatoms. The number of hydrogen-bond donors (Lipinski definition) is 0. The van der Waals surface area contributed by atoms with Gasteiger partial charge in [0, 0.05) is 11.0 Å². The van der Waals surface area contributed by atoms with E-state index in [0.717, 1.165) is 22.6 Å². The molecule has 0 fully saturated rings. The molecule has 0 saturated heterocycles. The molecule has 1 heterocycles. The van der Waals surface area contributed by atoms with Gasteiger partial charge in [0.1, 0.15) is 5.69 Å². The minimum absolute atomic E-state index is 0.0255. The second kappa shape index (κ2) is 5.41. The summed E-state index contributed by atoms with van der Waals surface area (Å²) in [4.78, 5) is 9.30. The van der Waals surface area contributed by atoms with Gasteiger partial charge >= 0.3 is 0 Å². The quantitative estimate of drug-likeness (QED) is 0.657. The predicted molar refractivity (Wildman–Crippen MR) is 101 cm³/mol. The fraction of sp³-hybridized carbons (Fsp3) is 0.273. The highest BCUT2D eigenvalue weighted by Gasteiger charge is 2.35. The molecular weight excluding hydrogens is 308 g/mol. The van der Waals surface area contributed by atoms with Gasteiger partial charge in [-0.05, 0) is 42.2 Å². The molecule has 2 aromatic carbocycles. The van der Waals surface area contributed by atoms with Gasteiger partial charge in [0.05, 0.1) is 18.5 Å². The minimum Gasteiger partial charge on any atom is -0.479 e. The molecule has 3 nitrogen and oxygen atoms in total. The second-order valence-electron chi connectivity index (χ2n) is 7.18. The minimum atomic E-state index is -0.0255. The van der Waals surface area contributed by atoms with Crippen LogP contribution < -0.4 is 4.74 Å². The number of fused-ring (bicyclic) bond motifs is 3. The fourth-order valence-electron chi connectivity index (χ4n) is 3.76. The average molecular weight is 330 g/mol. The van der Waals surface area contributed by atoms with Gasteiger partial charge in [-0.2, -0.15) is 0 Å². The molecule has 3 aromatic rings. The molecule has 0 bridgehead atoms. The summed E-state index contributed by atoms with van der Waals surface area (Å²) in [6.45, 7) is 8.50. The average Bonchev–Trinajstić information content (AvgIpc) is 2.85. The van der Waals surface area contributed by atoms with Crippen LogP contribution in [0.5, 0.6) is 5.88 Å². The molecule has 0 saturated carbocycles. The highest BCUT2D eigenvalue weighted by Crippen LogP contribution is 2.49. The zero-order valence-corrected chi connectivity index (χ0v) is 15.3. The van der Waals surface area contributed by atoms with Crippen LogP contribution in [0.4, 0.5) is 0 Å². The Morgan fingerprint density at radius 3 is 2.28 bits per heavy atom. The van der Waals surface area contributed by atoms with E-state index in [1.165, 1.54) is 22.3 Å². The molecule has 0 aliphatic heterocycles. The van der Waals surface area contributed by atoms with Crippen molar-refractivity contribution in [1.82, 2.24) is 9.97 Å². The molecule has 0 N–H and O–H groups in total. The summed E-state index contributed by atoms with van der Waals surface area (Å²) in [6, 6.07) is 15.2. The summed E-state index contributed by atoms with van der Waals surface area (Å²) in [5, 5.41) is 0. The summed E-state index contributed by atoms with van der Waals surface area (Å²) >= 11 is 0. The maximum absolute atomic E-state index is 5.50. The number of aromatic nitrogens is 2. The predicted octanol–water partition coefficient (Wildman–Crippen LogP) is 5.08. The van der Waals surface area contributed by atoms with Crippen LogP contribution in [0, 0.1) is 13.8 Å². The van der Waals surface area contributed by atoms with E-state index in [-0.39, 0.29) is 5.41 Å². The first-order valence-corrected chi connectivity index (χ1v) is 8.57. The van der Waals surface area contributed by atoms with E-state index in [9.17, 15) is 0 Å². The Balaban J connectivity index is 1.93. The Kier molecular flexibility index (Phi) is 3.43. The number of ether oxygens (including phenoxy) is 1. The molecule has 1 aromatic heterocycles. The first-order valence-electron chi connectivity index (χ1n) is 8.57. The summed E-state index contributed by atoms with van der Waals surface area (Å²) < 4.78 is 5.50. The Morgan fingerprint density at radius 2 is 1.52 bits per heavy atom. The van der Waals surface area contributed by atoms with E-state index in [1.807, 2.05) is 13.8 Å². The smallest absolute Gasteiger partial charge is 0.240 e. The zero-order chi connectivity index (χ0) is 17.8. The highest BCUT2D eigenvalue weighted by molar-refractivity contribution is 5.83. The Hall–Kier alpha value is -2.68. The monoisotopic (exact) mass is 330 g/mol. The summed E-state index contributed by atoms with van der Waals surface area (Å²) in [5.74, 6) is 0.580. The molecule has 0 atom stereocenters. The van der Waals surface area contributed by atoms with E-state index < -0.39 is 0 Å². The van der Waals surface area contributed by atoms with Crippen LogP contribution in [0.25, 0.3) is 22.4 Å². The fourth-order valence-corrected chi connectivity index (χ4v) is 3.76. The lowest BCUT2D eigenvalue weighted by Gasteiger charge is -2.22. The van der Waals surface area contributed by atoms with Crippen LogP contribution in [0.2, 0.25) is 0 Å². The molecule has 4 rings (SSSR count). The summed E-state index contributed by atoms with van der Waals surface area (Å²) in [5.41, 5.74) is 8.99. The van der Waals surface area contributed by atoms with Crippen molar-refractivity contribution in [3.63, 3.8) is 0 Å². The molecule has 0 unspecified atom stereocenters. The van der Waals surface area contributed by atoms with Gasteiger partial charge in [-0.1, -0.05) is 50.2 Å². The zero-order valence-electron chi connectivity index (χ0n) is 15.3. The van der Waals surface area contributed by atoms with E-state index in [0.29, 0.717) is 5.88 Å². The van der Waals surface area contributed by atoms with Crippen LogP contribution in [0.3, 0.4) is 0 Å². The molecule has 0 radical (unpaired) electrons. The lowest BCUT2D eigenvalue weighted by Crippen LogP contribution is -2.15. The normalized spacial score (nSPS) is 14.1. The second-order valence-corrected chi connectivity index (χ2v) is 7.18. The standard InChI is InChI=1S/C22H22N2O/c1-13-14(2)24-21(25-5)20(23-13)15-10-11-17-16-8-6-7-9-18(16)22(3,4)19(17)12-15/h6-12H,1-5H3. The largest absolute Gasteiger partial charge is 0.479 e. The topological polar surface area (TPSA) is 35.0 Å². The van der Waals surface area contributed by atoms with E-state index in [1.54, 1.807) is 7.11 Å². The summed E-state index contributed by atoms with van der Waals surface area (Å²) in [7, 11) is 1.65. The molecule has 0 amide bonds. The SMILES string of the molecule is COc1nc(C)c(C)nc1-c1ccc2c(c1)C(C)(C)c1ccccc1-2. The van der Waals surface area contributed by atoms with Crippen molar-refractivity contribution in [3.8, 4) is 28.3 Å². The van der Waals surface area contributed by atoms with Crippen molar-refractivity contribution in [2.24, 2.45) is 0 Å². The van der Waals surface area contributed by atoms with Crippen molar-refractivity contribution in [3.05, 3.63) is 65.0 Å². The first-order chi connectivity index (χ1) is 11.9. The van der Waals surface area contributed by atoms with Crippen molar-refractivity contribution >= 4 is 0 Å². The third-order valence-corrected chi connectivity index (χ3v) is 5.33. The van der Waals surface area contributed by atoms with Crippen molar-refractivity contribution in [2.75, 3.05) is 7.11 Å². The first kappa shape index (κ1) is 15.8. The van der Waals surface area contributed by atoms with Gasteiger partial charge in [0.15, 0.2) is 0 Å². The van der Waals surface area contributed by atoms with Crippen LogP contribution >= 0.6 is 0 Å².